The van der Waals surface area contributed by atoms with E-state index in [1.165, 1.54) is 0 Å². The van der Waals surface area contributed by atoms with Gasteiger partial charge in [-0.1, -0.05) is 30.3 Å². The van der Waals surface area contributed by atoms with Gasteiger partial charge in [0.25, 0.3) is 5.91 Å². The topological polar surface area (TPSA) is 54.8 Å². The third kappa shape index (κ3) is 4.14. The van der Waals surface area contributed by atoms with Gasteiger partial charge < -0.3 is 4.74 Å². The standard InChI is InChI=1S/C18H18ClN3O2S/c1-3-24-16-15(5-4-10-20-16)17(23)22-11-12(2)25-18(22)21-14-8-6-13(19)7-9-14/h4-10,12H,3,11H2,1-2H3/t12-/m1/s1. The summed E-state index contributed by atoms with van der Waals surface area (Å²) in [7, 11) is 0. The molecule has 1 aliphatic rings. The van der Waals surface area contributed by atoms with E-state index in [4.69, 9.17) is 16.3 Å². The van der Waals surface area contributed by atoms with Crippen LogP contribution in [0.15, 0.2) is 47.6 Å². The largest absolute Gasteiger partial charge is 0.477 e. The zero-order valence-corrected chi connectivity index (χ0v) is 15.5. The Morgan fingerprint density at radius 1 is 1.40 bits per heavy atom. The number of halogens is 1. The molecule has 5 nitrogen and oxygen atoms in total. The van der Waals surface area contributed by atoms with Crippen molar-refractivity contribution in [3.63, 3.8) is 0 Å². The number of carbonyl (C=O) groups excluding carboxylic acids is 1. The van der Waals surface area contributed by atoms with Crippen molar-refractivity contribution in [3.8, 4) is 5.88 Å². The number of aliphatic imine (C=N–C) groups is 1. The van der Waals surface area contributed by atoms with E-state index in [0.29, 0.717) is 34.8 Å². The summed E-state index contributed by atoms with van der Waals surface area (Å²) in [5.74, 6) is 0.200. The van der Waals surface area contributed by atoms with Crippen molar-refractivity contribution in [1.29, 1.82) is 0 Å². The Morgan fingerprint density at radius 3 is 2.88 bits per heavy atom. The highest BCUT2D eigenvalue weighted by molar-refractivity contribution is 8.14. The molecular formula is C18H18ClN3O2S. The molecule has 1 aromatic heterocycles. The van der Waals surface area contributed by atoms with Crippen LogP contribution in [0.2, 0.25) is 5.02 Å². The summed E-state index contributed by atoms with van der Waals surface area (Å²) >= 11 is 7.49. The Bertz CT molecular complexity index is 795. The van der Waals surface area contributed by atoms with E-state index in [1.54, 1.807) is 47.1 Å². The number of aromatic nitrogens is 1. The van der Waals surface area contributed by atoms with Gasteiger partial charge in [-0.3, -0.25) is 9.69 Å². The number of thioether (sulfide) groups is 1. The van der Waals surface area contributed by atoms with Crippen LogP contribution in [0.5, 0.6) is 5.88 Å². The van der Waals surface area contributed by atoms with E-state index in [9.17, 15) is 4.79 Å². The summed E-state index contributed by atoms with van der Waals surface area (Å²) in [5.41, 5.74) is 1.21. The molecular weight excluding hydrogens is 358 g/mol. The van der Waals surface area contributed by atoms with Gasteiger partial charge in [0.2, 0.25) is 5.88 Å². The first-order valence-corrected chi connectivity index (χ1v) is 9.25. The lowest BCUT2D eigenvalue weighted by molar-refractivity contribution is 0.0850. The maximum Gasteiger partial charge on any atom is 0.265 e. The molecule has 0 bridgehead atoms. The first-order chi connectivity index (χ1) is 12.1. The summed E-state index contributed by atoms with van der Waals surface area (Å²) in [6.07, 6.45) is 1.62. The summed E-state index contributed by atoms with van der Waals surface area (Å²) < 4.78 is 5.49. The quantitative estimate of drug-likeness (QED) is 0.794. The average Bonchev–Trinajstić information content (AvgIpc) is 2.97. The summed E-state index contributed by atoms with van der Waals surface area (Å²) in [6, 6.07) is 10.7. The number of nitrogens with zero attached hydrogens (tertiary/aromatic N) is 3. The van der Waals surface area contributed by atoms with Crippen molar-refractivity contribution in [2.45, 2.75) is 19.1 Å². The van der Waals surface area contributed by atoms with Crippen molar-refractivity contribution in [2.24, 2.45) is 4.99 Å². The number of ether oxygens (including phenoxy) is 1. The van der Waals surface area contributed by atoms with Gasteiger partial charge in [0.15, 0.2) is 5.17 Å². The van der Waals surface area contributed by atoms with Crippen molar-refractivity contribution in [3.05, 3.63) is 53.2 Å². The van der Waals surface area contributed by atoms with Gasteiger partial charge in [-0.2, -0.15) is 0 Å². The zero-order valence-electron chi connectivity index (χ0n) is 14.0. The SMILES string of the molecule is CCOc1ncccc1C(=O)N1C[C@@H](C)SC1=Nc1ccc(Cl)cc1. The fraction of sp³-hybridized carbons (Fsp3) is 0.278. The molecule has 2 heterocycles. The van der Waals surface area contributed by atoms with E-state index in [2.05, 4.69) is 16.9 Å². The van der Waals surface area contributed by atoms with E-state index in [1.807, 2.05) is 19.1 Å². The van der Waals surface area contributed by atoms with Crippen LogP contribution in [0.25, 0.3) is 0 Å². The van der Waals surface area contributed by atoms with Gasteiger partial charge in [0, 0.05) is 23.0 Å². The van der Waals surface area contributed by atoms with Gasteiger partial charge in [0.05, 0.1) is 12.3 Å². The van der Waals surface area contributed by atoms with Crippen LogP contribution in [0.4, 0.5) is 5.69 Å². The third-order valence-corrected chi connectivity index (χ3v) is 4.88. The average molecular weight is 376 g/mol. The Hall–Kier alpha value is -2.05. The molecule has 0 saturated carbocycles. The number of hydrogen-bond donors (Lipinski definition) is 0. The van der Waals surface area contributed by atoms with E-state index >= 15 is 0 Å². The van der Waals surface area contributed by atoms with Crippen molar-refractivity contribution >= 4 is 40.1 Å². The number of amides is 1. The molecule has 1 saturated heterocycles. The molecule has 1 atom stereocenters. The molecule has 0 radical (unpaired) electrons. The first kappa shape index (κ1) is 17.8. The second-order valence-corrected chi connectivity index (χ2v) is 7.35. The number of benzene rings is 1. The lowest BCUT2D eigenvalue weighted by Gasteiger charge is -2.17. The summed E-state index contributed by atoms with van der Waals surface area (Å²) in [4.78, 5) is 23.5. The maximum atomic E-state index is 13.0. The second-order valence-electron chi connectivity index (χ2n) is 5.50. The number of hydrogen-bond acceptors (Lipinski definition) is 5. The highest BCUT2D eigenvalue weighted by atomic mass is 35.5. The molecule has 0 unspecified atom stereocenters. The minimum atomic E-state index is -0.152. The van der Waals surface area contributed by atoms with Crippen LogP contribution in [-0.2, 0) is 0 Å². The second kappa shape index (κ2) is 7.89. The van der Waals surface area contributed by atoms with Crippen LogP contribution < -0.4 is 4.74 Å². The molecule has 130 valence electrons. The molecule has 1 fully saturated rings. The monoisotopic (exact) mass is 375 g/mol. The molecule has 2 aromatic rings. The first-order valence-electron chi connectivity index (χ1n) is 7.99. The van der Waals surface area contributed by atoms with Gasteiger partial charge in [-0.05, 0) is 43.3 Å². The smallest absolute Gasteiger partial charge is 0.265 e. The van der Waals surface area contributed by atoms with Crippen LogP contribution in [0.3, 0.4) is 0 Å². The van der Waals surface area contributed by atoms with E-state index in [-0.39, 0.29) is 11.2 Å². The summed E-state index contributed by atoms with van der Waals surface area (Å²) in [6.45, 7) is 4.98. The highest BCUT2D eigenvalue weighted by Crippen LogP contribution is 2.31. The molecule has 0 N–H and O–H groups in total. The maximum absolute atomic E-state index is 13.0. The predicted molar refractivity (Wildman–Crippen MR) is 102 cm³/mol. The molecule has 0 spiro atoms. The molecule has 1 amide bonds. The number of amidine groups is 1. The van der Waals surface area contributed by atoms with Gasteiger partial charge >= 0.3 is 0 Å². The summed E-state index contributed by atoms with van der Waals surface area (Å²) in [5, 5.41) is 1.59. The van der Waals surface area contributed by atoms with Crippen LogP contribution >= 0.6 is 23.4 Å². The van der Waals surface area contributed by atoms with Crippen LogP contribution in [-0.4, -0.2) is 39.4 Å². The molecule has 1 aliphatic heterocycles. The fourth-order valence-electron chi connectivity index (χ4n) is 2.45. The van der Waals surface area contributed by atoms with E-state index in [0.717, 1.165) is 5.69 Å². The van der Waals surface area contributed by atoms with Crippen LogP contribution in [0, 0.1) is 0 Å². The normalized spacial score (nSPS) is 18.6. The minimum Gasteiger partial charge on any atom is -0.477 e. The van der Waals surface area contributed by atoms with Gasteiger partial charge in [0.1, 0.15) is 5.56 Å². The number of carbonyl (C=O) groups is 1. The molecule has 7 heteroatoms. The lowest BCUT2D eigenvalue weighted by Crippen LogP contribution is -2.33. The third-order valence-electron chi connectivity index (χ3n) is 3.56. The van der Waals surface area contributed by atoms with Gasteiger partial charge in [-0.25, -0.2) is 9.98 Å². The Kier molecular flexibility index (Phi) is 5.60. The predicted octanol–water partition coefficient (Wildman–Crippen LogP) is 4.40. The molecule has 0 aliphatic carbocycles. The number of pyridine rings is 1. The Balaban J connectivity index is 1.91. The highest BCUT2D eigenvalue weighted by Gasteiger charge is 2.33. The molecule has 1 aromatic carbocycles. The van der Waals surface area contributed by atoms with E-state index < -0.39 is 0 Å². The van der Waals surface area contributed by atoms with Crippen molar-refractivity contribution in [2.75, 3.05) is 13.2 Å². The molecule has 3 rings (SSSR count). The fourth-order valence-corrected chi connectivity index (χ4v) is 3.60. The zero-order chi connectivity index (χ0) is 17.8. The molecule has 25 heavy (non-hydrogen) atoms. The minimum absolute atomic E-state index is 0.152. The van der Waals surface area contributed by atoms with Gasteiger partial charge in [-0.15, -0.1) is 0 Å². The Morgan fingerprint density at radius 2 is 2.16 bits per heavy atom. The lowest BCUT2D eigenvalue weighted by atomic mass is 10.2. The Labute approximate surface area is 156 Å². The van der Waals surface area contributed by atoms with Crippen molar-refractivity contribution < 1.29 is 9.53 Å². The van der Waals surface area contributed by atoms with Crippen molar-refractivity contribution in [1.82, 2.24) is 9.88 Å². The van der Waals surface area contributed by atoms with Crippen LogP contribution in [0.1, 0.15) is 24.2 Å². The number of rotatable bonds is 4.